The van der Waals surface area contributed by atoms with Gasteiger partial charge in [0, 0.05) is 0 Å². The van der Waals surface area contributed by atoms with Gasteiger partial charge in [0.15, 0.2) is 0 Å². The molecule has 1 N–H and O–H groups in total. The van der Waals surface area contributed by atoms with Crippen LogP contribution >= 0.6 is 43.5 Å². The highest BCUT2D eigenvalue weighted by molar-refractivity contribution is 9.26. The van der Waals surface area contributed by atoms with Crippen LogP contribution in [0.2, 0.25) is 0 Å². The van der Waals surface area contributed by atoms with Crippen LogP contribution in [0.15, 0.2) is 0 Å². The van der Waals surface area contributed by atoms with E-state index in [0.717, 1.165) is 0 Å². The maximum atomic E-state index is 8.12. The van der Waals surface area contributed by atoms with Gasteiger partial charge in [-0.05, 0) is 31.9 Å². The smallest absolute Gasteiger partial charge is 0.251 e. The van der Waals surface area contributed by atoms with Crippen molar-refractivity contribution in [3.63, 3.8) is 0 Å². The van der Waals surface area contributed by atoms with Gasteiger partial charge in [-0.25, -0.2) is 0 Å². The molecule has 0 bridgehead atoms. The Balaban J connectivity index is 3.02. The molecule has 0 aromatic carbocycles. The van der Waals surface area contributed by atoms with Crippen molar-refractivity contribution in [1.82, 2.24) is 0 Å². The van der Waals surface area contributed by atoms with E-state index in [1.807, 2.05) is 0 Å². The summed E-state index contributed by atoms with van der Waals surface area (Å²) in [5.41, 5.74) is 0. The first-order valence-corrected chi connectivity index (χ1v) is 2.75. The Morgan fingerprint density at radius 3 is 1.60 bits per heavy atom. The molecule has 0 spiro atoms. The summed E-state index contributed by atoms with van der Waals surface area (Å²) >= 11 is 10.1. The van der Waals surface area contributed by atoms with Gasteiger partial charge < -0.3 is 5.11 Å². The van der Waals surface area contributed by atoms with Crippen molar-refractivity contribution in [3.05, 3.63) is 0 Å². The summed E-state index contributed by atoms with van der Waals surface area (Å²) in [6.07, 6.45) is 0. The van der Waals surface area contributed by atoms with E-state index in [0.29, 0.717) is 0 Å². The van der Waals surface area contributed by atoms with E-state index in [1.165, 1.54) is 0 Å². The van der Waals surface area contributed by atoms with Gasteiger partial charge in [-0.1, -0.05) is 11.6 Å². The highest BCUT2D eigenvalue weighted by Gasteiger charge is 2.08. The second kappa shape index (κ2) is 1.78. The molecule has 0 radical (unpaired) electrons. The Labute approximate surface area is 51.6 Å². The third-order valence-electron chi connectivity index (χ3n) is 0. The number of hydrogen-bond acceptors (Lipinski definition) is 1. The number of alkyl halides is 3. The van der Waals surface area contributed by atoms with Gasteiger partial charge in [0.1, 0.15) is 0 Å². The summed E-state index contributed by atoms with van der Waals surface area (Å²) in [7, 11) is 0. The first-order valence-electron chi connectivity index (χ1n) is 0.791. The number of aliphatic hydroxyl groups is 1. The van der Waals surface area contributed by atoms with Crippen LogP contribution in [0.3, 0.4) is 0 Å². The predicted molar refractivity (Wildman–Crippen MR) is 28.7 cm³/mol. The van der Waals surface area contributed by atoms with Gasteiger partial charge in [0.05, 0.1) is 0 Å². The van der Waals surface area contributed by atoms with Crippen LogP contribution in [0, 0.1) is 0 Å². The van der Waals surface area contributed by atoms with Crippen molar-refractivity contribution in [2.45, 2.75) is 2.88 Å². The first-order chi connectivity index (χ1) is 2.00. The van der Waals surface area contributed by atoms with Crippen molar-refractivity contribution in [2.24, 2.45) is 0 Å². The minimum atomic E-state index is -1.40. The maximum absolute atomic E-state index is 8.12. The SMILES string of the molecule is OC(Cl)(Br)Br. The van der Waals surface area contributed by atoms with E-state index in [-0.39, 0.29) is 0 Å². The molecule has 0 aliphatic rings. The molecule has 0 aromatic heterocycles. The fraction of sp³-hybridized carbons (Fsp3) is 1.00. The summed E-state index contributed by atoms with van der Waals surface area (Å²) in [6, 6.07) is 0. The Morgan fingerprint density at radius 1 is 1.60 bits per heavy atom. The highest BCUT2D eigenvalue weighted by Crippen LogP contribution is 2.25. The summed E-state index contributed by atoms with van der Waals surface area (Å²) in [5.74, 6) is 0. The largest absolute Gasteiger partial charge is 0.357 e. The van der Waals surface area contributed by atoms with Crippen LogP contribution in [-0.2, 0) is 0 Å². The van der Waals surface area contributed by atoms with Crippen molar-refractivity contribution in [2.75, 3.05) is 0 Å². The minimum Gasteiger partial charge on any atom is -0.357 e. The van der Waals surface area contributed by atoms with Crippen molar-refractivity contribution >= 4 is 43.5 Å². The standard InChI is InChI=1S/CHBr2ClO/c2-1(3,4)5/h5H. The summed E-state index contributed by atoms with van der Waals surface area (Å²) in [6.45, 7) is 0. The lowest BCUT2D eigenvalue weighted by Gasteiger charge is -1.95. The molecule has 0 unspecified atom stereocenters. The Hall–Kier alpha value is 1.21. The predicted octanol–water partition coefficient (Wildman–Crippen LogP) is 1.62. The highest BCUT2D eigenvalue weighted by atomic mass is 79.9. The van der Waals surface area contributed by atoms with Crippen LogP contribution in [0.25, 0.3) is 0 Å². The van der Waals surface area contributed by atoms with E-state index < -0.39 is 2.88 Å². The summed E-state index contributed by atoms with van der Waals surface area (Å²) in [5, 5.41) is 8.12. The van der Waals surface area contributed by atoms with Gasteiger partial charge in [-0.2, -0.15) is 0 Å². The van der Waals surface area contributed by atoms with Gasteiger partial charge in [0.2, 0.25) is 0 Å². The van der Waals surface area contributed by atoms with Gasteiger partial charge >= 0.3 is 0 Å². The van der Waals surface area contributed by atoms with Gasteiger partial charge in [-0.3, -0.25) is 0 Å². The fourth-order valence-corrected chi connectivity index (χ4v) is 0. The zero-order valence-electron chi connectivity index (χ0n) is 2.08. The molecule has 32 valence electrons. The van der Waals surface area contributed by atoms with Crippen LogP contribution in [-0.4, -0.2) is 7.99 Å². The lowest BCUT2D eigenvalue weighted by Crippen LogP contribution is -1.92. The zero-order valence-corrected chi connectivity index (χ0v) is 6.01. The first kappa shape index (κ1) is 6.21. The Kier molecular flexibility index (Phi) is 2.21. The topological polar surface area (TPSA) is 20.2 Å². The molecule has 0 amide bonds. The molecule has 0 heterocycles. The van der Waals surface area contributed by atoms with Crippen LogP contribution in [0.4, 0.5) is 0 Å². The second-order valence-corrected chi connectivity index (χ2v) is 5.29. The third-order valence-corrected chi connectivity index (χ3v) is 0. The van der Waals surface area contributed by atoms with Crippen molar-refractivity contribution in [3.8, 4) is 0 Å². The number of rotatable bonds is 0. The molecule has 0 saturated carbocycles. The normalized spacial score (nSPS) is 12.0. The average Bonchev–Trinajstić information content (AvgIpc) is 0.722. The van der Waals surface area contributed by atoms with E-state index in [2.05, 4.69) is 31.9 Å². The van der Waals surface area contributed by atoms with Gasteiger partial charge in [-0.15, -0.1) is 0 Å². The van der Waals surface area contributed by atoms with Crippen molar-refractivity contribution < 1.29 is 5.11 Å². The Morgan fingerprint density at radius 2 is 1.60 bits per heavy atom. The fourth-order valence-electron chi connectivity index (χ4n) is 0. The Bertz CT molecular complexity index is 25.1. The molecular formula is CHBr2ClO. The molecule has 0 aliphatic heterocycles. The lowest BCUT2D eigenvalue weighted by atomic mass is 11.7. The molecule has 0 aromatic rings. The number of halogens is 3. The van der Waals surface area contributed by atoms with Gasteiger partial charge in [0.25, 0.3) is 2.88 Å². The van der Waals surface area contributed by atoms with Crippen LogP contribution in [0.5, 0.6) is 0 Å². The lowest BCUT2D eigenvalue weighted by molar-refractivity contribution is 0.323. The van der Waals surface area contributed by atoms with Crippen molar-refractivity contribution in [1.29, 1.82) is 0 Å². The molecule has 0 atom stereocenters. The molecular weight excluding hydrogens is 223 g/mol. The quantitative estimate of drug-likeness (QED) is 0.620. The molecule has 0 saturated heterocycles. The molecule has 4 heteroatoms. The second-order valence-electron chi connectivity index (χ2n) is 0.468. The molecule has 0 rings (SSSR count). The summed E-state index contributed by atoms with van der Waals surface area (Å²) < 4.78 is -1.40. The number of hydrogen-bond donors (Lipinski definition) is 1. The minimum absolute atomic E-state index is 1.40. The molecule has 0 aliphatic carbocycles. The third kappa shape index (κ3) is 36.7. The zero-order chi connectivity index (χ0) is 4.50. The van der Waals surface area contributed by atoms with E-state index >= 15 is 0 Å². The maximum Gasteiger partial charge on any atom is 0.251 e. The van der Waals surface area contributed by atoms with E-state index in [1.54, 1.807) is 0 Å². The average molecular weight is 224 g/mol. The van der Waals surface area contributed by atoms with Crippen LogP contribution < -0.4 is 0 Å². The molecule has 5 heavy (non-hydrogen) atoms. The monoisotopic (exact) mass is 222 g/mol. The van der Waals surface area contributed by atoms with E-state index in [9.17, 15) is 0 Å². The molecule has 1 nitrogen and oxygen atoms in total. The summed E-state index contributed by atoms with van der Waals surface area (Å²) in [4.78, 5) is 0. The van der Waals surface area contributed by atoms with E-state index in [4.69, 9.17) is 16.7 Å². The molecule has 0 fully saturated rings. The van der Waals surface area contributed by atoms with Crippen LogP contribution in [0.1, 0.15) is 0 Å².